The zero-order chi connectivity index (χ0) is 16.3. The zero-order valence-electron chi connectivity index (χ0n) is 12.4. The first-order valence-electron chi connectivity index (χ1n) is 6.96. The summed E-state index contributed by atoms with van der Waals surface area (Å²) in [6, 6.07) is 2.71. The van der Waals surface area contributed by atoms with Crippen LogP contribution >= 0.6 is 0 Å². The van der Waals surface area contributed by atoms with Crippen LogP contribution in [0.4, 0.5) is 4.39 Å². The van der Waals surface area contributed by atoms with Crippen LogP contribution in [-0.4, -0.2) is 40.6 Å². The molecule has 2 rings (SSSR count). The molecule has 0 radical (unpaired) electrons. The Morgan fingerprint density at radius 3 is 2.82 bits per heavy atom. The van der Waals surface area contributed by atoms with E-state index in [1.165, 1.54) is 0 Å². The van der Waals surface area contributed by atoms with Crippen molar-refractivity contribution in [2.75, 3.05) is 20.2 Å². The first kappa shape index (κ1) is 16.9. The molecule has 6 nitrogen and oxygen atoms in total. The van der Waals surface area contributed by atoms with Gasteiger partial charge in [-0.3, -0.25) is 0 Å². The third-order valence-electron chi connectivity index (χ3n) is 3.73. The standard InChI is InChI=1S/C14H19FN2O4S/c1-9-8-16-6-5-12(9)17-22(19,20)13-7-10(15)3-4-11(13)14(18)21-2/h3-4,7,9,12,16-17H,5-6,8H2,1-2H3. The van der Waals surface area contributed by atoms with E-state index in [-0.39, 0.29) is 17.5 Å². The summed E-state index contributed by atoms with van der Waals surface area (Å²) in [5.74, 6) is -1.45. The van der Waals surface area contributed by atoms with Crippen molar-refractivity contribution in [2.45, 2.75) is 24.3 Å². The molecule has 1 aromatic rings. The highest BCUT2D eigenvalue weighted by Crippen LogP contribution is 2.21. The Kier molecular flexibility index (Phi) is 5.15. The number of methoxy groups -OCH3 is 1. The summed E-state index contributed by atoms with van der Waals surface area (Å²) in [7, 11) is -2.88. The Hall–Kier alpha value is -1.51. The number of sulfonamides is 1. The van der Waals surface area contributed by atoms with E-state index in [0.29, 0.717) is 19.5 Å². The topological polar surface area (TPSA) is 84.5 Å². The Bertz CT molecular complexity index is 663. The van der Waals surface area contributed by atoms with Crippen molar-refractivity contribution in [3.63, 3.8) is 0 Å². The van der Waals surface area contributed by atoms with Crippen molar-refractivity contribution < 1.29 is 22.3 Å². The maximum Gasteiger partial charge on any atom is 0.339 e. The first-order valence-corrected chi connectivity index (χ1v) is 8.44. The molecular formula is C14H19FN2O4S. The Morgan fingerprint density at radius 1 is 1.45 bits per heavy atom. The number of carbonyl (C=O) groups excluding carboxylic acids is 1. The van der Waals surface area contributed by atoms with Crippen molar-refractivity contribution in [3.05, 3.63) is 29.6 Å². The van der Waals surface area contributed by atoms with E-state index >= 15 is 0 Å². The van der Waals surface area contributed by atoms with Crippen LogP contribution in [0.1, 0.15) is 23.7 Å². The van der Waals surface area contributed by atoms with Crippen LogP contribution in [0.15, 0.2) is 23.1 Å². The second kappa shape index (κ2) is 6.72. The Balaban J connectivity index is 2.36. The summed E-state index contributed by atoms with van der Waals surface area (Å²) >= 11 is 0. The molecule has 122 valence electrons. The molecule has 1 aliphatic rings. The molecule has 0 saturated carbocycles. The van der Waals surface area contributed by atoms with Gasteiger partial charge in [-0.1, -0.05) is 6.92 Å². The van der Waals surface area contributed by atoms with E-state index in [1.54, 1.807) is 0 Å². The van der Waals surface area contributed by atoms with Gasteiger partial charge < -0.3 is 10.1 Å². The predicted molar refractivity (Wildman–Crippen MR) is 78.5 cm³/mol. The molecule has 2 N–H and O–H groups in total. The van der Waals surface area contributed by atoms with Gasteiger partial charge in [-0.15, -0.1) is 0 Å². The number of piperidine rings is 1. The lowest BCUT2D eigenvalue weighted by molar-refractivity contribution is 0.0596. The van der Waals surface area contributed by atoms with E-state index in [2.05, 4.69) is 14.8 Å². The van der Waals surface area contributed by atoms with Crippen molar-refractivity contribution in [1.82, 2.24) is 10.0 Å². The molecule has 1 fully saturated rings. The normalized spacial score (nSPS) is 22.3. The van der Waals surface area contributed by atoms with Gasteiger partial charge in [0, 0.05) is 6.04 Å². The SMILES string of the molecule is COC(=O)c1ccc(F)cc1S(=O)(=O)NC1CCNCC1C. The fourth-order valence-corrected chi connectivity index (χ4v) is 4.03. The summed E-state index contributed by atoms with van der Waals surface area (Å²) in [5.41, 5.74) is -0.182. The summed E-state index contributed by atoms with van der Waals surface area (Å²) in [5, 5.41) is 3.17. The number of carbonyl (C=O) groups is 1. The molecule has 2 unspecified atom stereocenters. The monoisotopic (exact) mass is 330 g/mol. The van der Waals surface area contributed by atoms with E-state index in [1.807, 2.05) is 6.92 Å². The lowest BCUT2D eigenvalue weighted by atomic mass is 9.97. The summed E-state index contributed by atoms with van der Waals surface area (Å²) in [6.45, 7) is 3.32. The number of rotatable bonds is 4. The second-order valence-corrected chi connectivity index (χ2v) is 7.01. The van der Waals surface area contributed by atoms with Crippen LogP contribution in [-0.2, 0) is 14.8 Å². The van der Waals surface area contributed by atoms with E-state index in [9.17, 15) is 17.6 Å². The van der Waals surface area contributed by atoms with Crippen molar-refractivity contribution in [1.29, 1.82) is 0 Å². The van der Waals surface area contributed by atoms with Gasteiger partial charge in [0.25, 0.3) is 0 Å². The minimum atomic E-state index is -4.02. The molecule has 0 amide bonds. The Morgan fingerprint density at radius 2 is 2.18 bits per heavy atom. The molecule has 1 aliphatic heterocycles. The molecule has 0 bridgehead atoms. The van der Waals surface area contributed by atoms with Gasteiger partial charge in [0.15, 0.2) is 0 Å². The highest BCUT2D eigenvalue weighted by Gasteiger charge is 2.30. The predicted octanol–water partition coefficient (Wildman–Crippen LogP) is 0.889. The molecule has 1 heterocycles. The quantitative estimate of drug-likeness (QED) is 0.801. The van der Waals surface area contributed by atoms with Gasteiger partial charge >= 0.3 is 5.97 Å². The number of nitrogens with one attached hydrogen (secondary N) is 2. The van der Waals surface area contributed by atoms with Gasteiger partial charge in [-0.05, 0) is 43.6 Å². The van der Waals surface area contributed by atoms with Crippen LogP contribution in [0.25, 0.3) is 0 Å². The lowest BCUT2D eigenvalue weighted by Gasteiger charge is -2.30. The lowest BCUT2D eigenvalue weighted by Crippen LogP contribution is -2.48. The van der Waals surface area contributed by atoms with E-state index in [0.717, 1.165) is 25.3 Å². The highest BCUT2D eigenvalue weighted by atomic mass is 32.2. The fraction of sp³-hybridized carbons (Fsp3) is 0.500. The summed E-state index contributed by atoms with van der Waals surface area (Å²) in [6.07, 6.45) is 0.628. The minimum Gasteiger partial charge on any atom is -0.465 e. The van der Waals surface area contributed by atoms with Gasteiger partial charge in [0.1, 0.15) is 5.82 Å². The van der Waals surface area contributed by atoms with Gasteiger partial charge in [0.05, 0.1) is 17.6 Å². The molecule has 22 heavy (non-hydrogen) atoms. The van der Waals surface area contributed by atoms with Gasteiger partial charge in [-0.25, -0.2) is 22.3 Å². The second-order valence-electron chi connectivity index (χ2n) is 5.33. The van der Waals surface area contributed by atoms with Crippen molar-refractivity contribution >= 4 is 16.0 Å². The number of halogens is 1. The summed E-state index contributed by atoms with van der Waals surface area (Å²) < 4.78 is 45.6. The maximum atomic E-state index is 13.4. The average Bonchev–Trinajstić information content (AvgIpc) is 2.48. The molecular weight excluding hydrogens is 311 g/mol. The van der Waals surface area contributed by atoms with Crippen molar-refractivity contribution in [2.24, 2.45) is 5.92 Å². The van der Waals surface area contributed by atoms with E-state index < -0.39 is 26.7 Å². The third-order valence-corrected chi connectivity index (χ3v) is 5.26. The maximum absolute atomic E-state index is 13.4. The molecule has 0 spiro atoms. The van der Waals surface area contributed by atoms with Crippen molar-refractivity contribution in [3.8, 4) is 0 Å². The largest absolute Gasteiger partial charge is 0.465 e. The molecule has 8 heteroatoms. The first-order chi connectivity index (χ1) is 10.3. The third kappa shape index (κ3) is 3.63. The smallest absolute Gasteiger partial charge is 0.339 e. The number of ether oxygens (including phenoxy) is 1. The molecule has 0 aliphatic carbocycles. The number of esters is 1. The van der Waals surface area contributed by atoms with Crippen LogP contribution in [0.3, 0.4) is 0 Å². The average molecular weight is 330 g/mol. The minimum absolute atomic E-state index is 0.0960. The number of benzene rings is 1. The van der Waals surface area contributed by atoms with Crippen LogP contribution in [0.2, 0.25) is 0 Å². The molecule has 2 atom stereocenters. The summed E-state index contributed by atoms with van der Waals surface area (Å²) in [4.78, 5) is 11.3. The van der Waals surface area contributed by atoms with Crippen LogP contribution in [0, 0.1) is 11.7 Å². The zero-order valence-corrected chi connectivity index (χ0v) is 13.2. The van der Waals surface area contributed by atoms with Crippen LogP contribution in [0.5, 0.6) is 0 Å². The number of hydrogen-bond acceptors (Lipinski definition) is 5. The van der Waals surface area contributed by atoms with Gasteiger partial charge in [0.2, 0.25) is 10.0 Å². The molecule has 1 saturated heterocycles. The van der Waals surface area contributed by atoms with Crippen LogP contribution < -0.4 is 10.0 Å². The Labute approximate surface area is 129 Å². The van der Waals surface area contributed by atoms with Gasteiger partial charge in [-0.2, -0.15) is 0 Å². The highest BCUT2D eigenvalue weighted by molar-refractivity contribution is 7.89. The molecule has 0 aromatic heterocycles. The fourth-order valence-electron chi connectivity index (χ4n) is 2.45. The number of hydrogen-bond donors (Lipinski definition) is 2. The molecule has 1 aromatic carbocycles. The van der Waals surface area contributed by atoms with E-state index in [4.69, 9.17) is 0 Å².